The number of fused-ring (bicyclic) bond motifs is 1. The molecule has 7 nitrogen and oxygen atoms in total. The Bertz CT molecular complexity index is 786. The van der Waals surface area contributed by atoms with Crippen LogP contribution < -0.4 is 5.32 Å². The number of hydrogen-bond donors (Lipinski definition) is 2. The monoisotopic (exact) mass is 354 g/mol. The second kappa shape index (κ2) is 7.43. The molecule has 2 aliphatic rings. The van der Waals surface area contributed by atoms with Crippen molar-refractivity contribution < 1.29 is 4.79 Å². The van der Waals surface area contributed by atoms with Crippen LogP contribution in [0.2, 0.25) is 0 Å². The van der Waals surface area contributed by atoms with Gasteiger partial charge in [0.15, 0.2) is 5.69 Å². The van der Waals surface area contributed by atoms with Crippen molar-refractivity contribution in [3.8, 4) is 0 Å². The van der Waals surface area contributed by atoms with Crippen LogP contribution in [0.4, 0.5) is 5.82 Å². The van der Waals surface area contributed by atoms with Gasteiger partial charge in [-0.05, 0) is 50.9 Å². The van der Waals surface area contributed by atoms with Crippen LogP contribution in [0, 0.1) is 5.92 Å². The molecule has 7 heteroatoms. The topological polar surface area (TPSA) is 86.8 Å². The Kier molecular flexibility index (Phi) is 4.86. The summed E-state index contributed by atoms with van der Waals surface area (Å²) < 4.78 is 0. The van der Waals surface area contributed by atoms with Crippen LogP contribution in [0.15, 0.2) is 12.4 Å². The summed E-state index contributed by atoms with van der Waals surface area (Å²) in [6.45, 7) is 1.58. The Hall–Kier alpha value is -2.44. The Labute approximate surface area is 153 Å². The van der Waals surface area contributed by atoms with Crippen molar-refractivity contribution in [3.05, 3.63) is 35.0 Å². The minimum absolute atomic E-state index is 0.0853. The summed E-state index contributed by atoms with van der Waals surface area (Å²) in [7, 11) is 1.87. The zero-order valence-electron chi connectivity index (χ0n) is 15.3. The van der Waals surface area contributed by atoms with Crippen LogP contribution in [0.1, 0.15) is 53.1 Å². The average molecular weight is 354 g/mol. The number of aromatic amines is 1. The number of carbonyl (C=O) groups is 1. The minimum Gasteiger partial charge on any atom is -0.372 e. The van der Waals surface area contributed by atoms with E-state index in [1.54, 1.807) is 12.4 Å². The number of aryl methyl sites for hydroxylation is 1. The van der Waals surface area contributed by atoms with Gasteiger partial charge in [-0.25, -0.2) is 4.98 Å². The van der Waals surface area contributed by atoms with Crippen LogP contribution in [-0.4, -0.2) is 51.1 Å². The minimum atomic E-state index is 0.0853. The van der Waals surface area contributed by atoms with Gasteiger partial charge >= 0.3 is 0 Å². The van der Waals surface area contributed by atoms with Gasteiger partial charge in [-0.1, -0.05) is 0 Å². The van der Waals surface area contributed by atoms with E-state index in [1.807, 2.05) is 11.9 Å². The van der Waals surface area contributed by atoms with E-state index < -0.39 is 0 Å². The lowest BCUT2D eigenvalue weighted by molar-refractivity contribution is 0.0665. The molecule has 0 saturated carbocycles. The molecule has 1 aliphatic carbocycles. The highest BCUT2D eigenvalue weighted by atomic mass is 16.2. The van der Waals surface area contributed by atoms with Gasteiger partial charge in [0.2, 0.25) is 0 Å². The molecule has 2 N–H and O–H groups in total. The molecule has 0 aromatic carbocycles. The number of amides is 1. The highest BCUT2D eigenvalue weighted by Gasteiger charge is 2.29. The number of nitrogens with zero attached hydrogens (tertiary/aromatic N) is 4. The van der Waals surface area contributed by atoms with Crippen molar-refractivity contribution in [2.45, 2.75) is 44.9 Å². The maximum absolute atomic E-state index is 13.1. The summed E-state index contributed by atoms with van der Waals surface area (Å²) in [5.74, 6) is 1.32. The maximum atomic E-state index is 13.1. The van der Waals surface area contributed by atoms with Crippen molar-refractivity contribution in [2.24, 2.45) is 5.92 Å². The van der Waals surface area contributed by atoms with Crippen molar-refractivity contribution in [1.82, 2.24) is 25.1 Å². The Morgan fingerprint density at radius 2 is 2.12 bits per heavy atom. The Morgan fingerprint density at radius 1 is 1.27 bits per heavy atom. The van der Waals surface area contributed by atoms with E-state index in [-0.39, 0.29) is 5.91 Å². The molecular formula is C19H26N6O. The SMILES string of the molecule is CNc1nccnc1C[C@@H]1CCCN(C(=O)c2n[nH]c3c2CCCC3)C1. The number of piperidine rings is 1. The van der Waals surface area contributed by atoms with Crippen LogP contribution >= 0.6 is 0 Å². The highest BCUT2D eigenvalue weighted by molar-refractivity contribution is 5.94. The normalized spacial score (nSPS) is 19.9. The molecule has 1 amide bonds. The summed E-state index contributed by atoms with van der Waals surface area (Å²) in [4.78, 5) is 23.9. The molecule has 138 valence electrons. The first-order valence-corrected chi connectivity index (χ1v) is 9.59. The predicted octanol–water partition coefficient (Wildman–Crippen LogP) is 2.22. The number of anilines is 1. The summed E-state index contributed by atoms with van der Waals surface area (Å²) in [5.41, 5.74) is 3.93. The fraction of sp³-hybridized carbons (Fsp3) is 0.579. The summed E-state index contributed by atoms with van der Waals surface area (Å²) >= 11 is 0. The quantitative estimate of drug-likeness (QED) is 0.879. The van der Waals surface area contributed by atoms with Gasteiger partial charge in [0.25, 0.3) is 5.91 Å². The van der Waals surface area contributed by atoms with Crippen molar-refractivity contribution in [3.63, 3.8) is 0 Å². The lowest BCUT2D eigenvalue weighted by Gasteiger charge is -2.32. The number of rotatable bonds is 4. The zero-order valence-corrected chi connectivity index (χ0v) is 15.3. The average Bonchev–Trinajstić information content (AvgIpc) is 3.12. The smallest absolute Gasteiger partial charge is 0.274 e. The van der Waals surface area contributed by atoms with Gasteiger partial charge in [-0.3, -0.25) is 14.9 Å². The van der Waals surface area contributed by atoms with E-state index >= 15 is 0 Å². The number of carbonyl (C=O) groups excluding carboxylic acids is 1. The molecule has 1 atom stereocenters. The second-order valence-electron chi connectivity index (χ2n) is 7.30. The number of likely N-dealkylation sites (tertiary alicyclic amines) is 1. The van der Waals surface area contributed by atoms with Crippen LogP contribution in [0.3, 0.4) is 0 Å². The number of nitrogens with one attached hydrogen (secondary N) is 2. The number of H-pyrrole nitrogens is 1. The van der Waals surface area contributed by atoms with E-state index in [4.69, 9.17) is 0 Å². The molecule has 0 radical (unpaired) electrons. The number of aromatic nitrogens is 4. The molecule has 2 aromatic rings. The third kappa shape index (κ3) is 3.30. The van der Waals surface area contributed by atoms with Gasteiger partial charge in [-0.2, -0.15) is 5.10 Å². The molecule has 4 rings (SSSR count). The van der Waals surface area contributed by atoms with Crippen LogP contribution in [-0.2, 0) is 19.3 Å². The first kappa shape index (κ1) is 17.0. The molecule has 1 saturated heterocycles. The molecule has 0 bridgehead atoms. The first-order valence-electron chi connectivity index (χ1n) is 9.59. The van der Waals surface area contributed by atoms with E-state index in [2.05, 4.69) is 25.5 Å². The summed E-state index contributed by atoms with van der Waals surface area (Å²) in [6.07, 6.45) is 10.7. The molecule has 1 aliphatic heterocycles. The molecule has 0 spiro atoms. The zero-order chi connectivity index (χ0) is 17.9. The predicted molar refractivity (Wildman–Crippen MR) is 99.1 cm³/mol. The summed E-state index contributed by atoms with van der Waals surface area (Å²) in [5, 5.41) is 10.6. The molecule has 26 heavy (non-hydrogen) atoms. The summed E-state index contributed by atoms with van der Waals surface area (Å²) in [6, 6.07) is 0. The Balaban J connectivity index is 1.46. The molecule has 2 aromatic heterocycles. The fourth-order valence-electron chi connectivity index (χ4n) is 4.22. The van der Waals surface area contributed by atoms with E-state index in [0.29, 0.717) is 11.6 Å². The lowest BCUT2D eigenvalue weighted by Crippen LogP contribution is -2.41. The highest BCUT2D eigenvalue weighted by Crippen LogP contribution is 2.26. The molecule has 1 fully saturated rings. The van der Waals surface area contributed by atoms with Gasteiger partial charge in [0, 0.05) is 43.8 Å². The first-order chi connectivity index (χ1) is 12.8. The maximum Gasteiger partial charge on any atom is 0.274 e. The second-order valence-corrected chi connectivity index (χ2v) is 7.30. The third-order valence-corrected chi connectivity index (χ3v) is 5.56. The molecule has 3 heterocycles. The fourth-order valence-corrected chi connectivity index (χ4v) is 4.22. The largest absolute Gasteiger partial charge is 0.372 e. The molecular weight excluding hydrogens is 328 g/mol. The van der Waals surface area contributed by atoms with E-state index in [1.165, 1.54) is 6.42 Å². The van der Waals surface area contributed by atoms with Gasteiger partial charge in [0.05, 0.1) is 5.69 Å². The number of hydrogen-bond acceptors (Lipinski definition) is 5. The van der Waals surface area contributed by atoms with Gasteiger partial charge in [-0.15, -0.1) is 0 Å². The van der Waals surface area contributed by atoms with Gasteiger partial charge in [0.1, 0.15) is 5.82 Å². The van der Waals surface area contributed by atoms with Crippen molar-refractivity contribution in [1.29, 1.82) is 0 Å². The molecule has 0 unspecified atom stereocenters. The van der Waals surface area contributed by atoms with E-state index in [0.717, 1.165) is 74.4 Å². The van der Waals surface area contributed by atoms with E-state index in [9.17, 15) is 4.79 Å². The third-order valence-electron chi connectivity index (χ3n) is 5.56. The van der Waals surface area contributed by atoms with Crippen LogP contribution in [0.5, 0.6) is 0 Å². The van der Waals surface area contributed by atoms with Crippen molar-refractivity contribution >= 4 is 11.7 Å². The lowest BCUT2D eigenvalue weighted by atomic mass is 9.92. The van der Waals surface area contributed by atoms with Gasteiger partial charge < -0.3 is 10.2 Å². The van der Waals surface area contributed by atoms with Crippen molar-refractivity contribution in [2.75, 3.05) is 25.5 Å². The van der Waals surface area contributed by atoms with Crippen LogP contribution in [0.25, 0.3) is 0 Å². The Morgan fingerprint density at radius 3 is 3.00 bits per heavy atom. The standard InChI is InChI=1S/C19H26N6O/c1-20-18-16(21-8-9-22-18)11-13-5-4-10-25(12-13)19(26)17-14-6-2-3-7-15(14)23-24-17/h8-9,13H,2-7,10-12H2,1H3,(H,20,22)(H,23,24)/t13-/m0/s1.